The Morgan fingerprint density at radius 2 is 2.58 bits per heavy atom. The predicted octanol–water partition coefficient (Wildman–Crippen LogP) is 0.706. The second-order valence-corrected chi connectivity index (χ2v) is 4.21. The van der Waals surface area contributed by atoms with Gasteiger partial charge in [0.2, 0.25) is 5.91 Å². The van der Waals surface area contributed by atoms with Crippen LogP contribution < -0.4 is 5.73 Å². The molecule has 0 saturated carbocycles. The summed E-state index contributed by atoms with van der Waals surface area (Å²) in [5.74, 6) is -0.206. The molecule has 64 valence electrons. The molecule has 1 atom stereocenters. The minimum atomic E-state index is -0.206. The first-order valence-electron chi connectivity index (χ1n) is 3.95. The molecule has 0 spiro atoms. The number of aliphatic imine (C=N–C) groups is 1. The maximum absolute atomic E-state index is 10.9. The van der Waals surface area contributed by atoms with Crippen molar-refractivity contribution in [3.63, 3.8) is 0 Å². The fraction of sp³-hybridized carbons (Fsp3) is 0.500. The van der Waals surface area contributed by atoms with E-state index in [2.05, 4.69) is 4.99 Å². The third-order valence-electron chi connectivity index (χ3n) is 2.12. The van der Waals surface area contributed by atoms with E-state index in [4.69, 9.17) is 5.73 Å². The topological polar surface area (TPSA) is 55.5 Å². The molecule has 0 bridgehead atoms. The molecule has 0 aliphatic carbocycles. The average Bonchev–Trinajstić information content (AvgIpc) is 2.46. The minimum Gasteiger partial charge on any atom is -0.369 e. The highest BCUT2D eigenvalue weighted by Crippen LogP contribution is 2.39. The molecule has 1 amide bonds. The lowest BCUT2D eigenvalue weighted by Crippen LogP contribution is -2.23. The molecule has 4 heteroatoms. The zero-order valence-corrected chi connectivity index (χ0v) is 7.43. The Kier molecular flexibility index (Phi) is 1.92. The normalized spacial score (nSPS) is 27.5. The van der Waals surface area contributed by atoms with Crippen LogP contribution in [0.15, 0.2) is 15.5 Å². The van der Waals surface area contributed by atoms with Gasteiger partial charge in [0.05, 0.1) is 5.25 Å². The van der Waals surface area contributed by atoms with Crippen LogP contribution in [0.4, 0.5) is 0 Å². The lowest BCUT2D eigenvalue weighted by Gasteiger charge is -2.04. The second-order valence-electron chi connectivity index (χ2n) is 2.97. The molecule has 0 radical (unpaired) electrons. The summed E-state index contributed by atoms with van der Waals surface area (Å²) in [6.07, 6.45) is 3.70. The summed E-state index contributed by atoms with van der Waals surface area (Å²) in [4.78, 5) is 16.2. The standard InChI is InChI=1S/C8H10N2OS/c9-8(11)6-3-5-1-2-10-4-7(5)12-6/h4,6H,1-3H2,(H2,9,11). The lowest BCUT2D eigenvalue weighted by molar-refractivity contribution is -0.117. The third-order valence-corrected chi connectivity index (χ3v) is 3.45. The van der Waals surface area contributed by atoms with Crippen molar-refractivity contribution in [1.29, 1.82) is 0 Å². The number of primary amides is 1. The maximum Gasteiger partial charge on any atom is 0.231 e. The van der Waals surface area contributed by atoms with Gasteiger partial charge in [-0.2, -0.15) is 0 Å². The first kappa shape index (κ1) is 7.86. The van der Waals surface area contributed by atoms with Crippen molar-refractivity contribution < 1.29 is 4.79 Å². The van der Waals surface area contributed by atoms with Crippen molar-refractivity contribution >= 4 is 23.9 Å². The van der Waals surface area contributed by atoms with Gasteiger partial charge in [0.25, 0.3) is 0 Å². The first-order chi connectivity index (χ1) is 5.77. The molecule has 2 heterocycles. The van der Waals surface area contributed by atoms with Crippen LogP contribution in [0.3, 0.4) is 0 Å². The van der Waals surface area contributed by atoms with E-state index < -0.39 is 0 Å². The molecular weight excluding hydrogens is 172 g/mol. The number of nitrogens with two attached hydrogens (primary N) is 1. The average molecular weight is 182 g/mol. The Morgan fingerprint density at radius 3 is 3.25 bits per heavy atom. The quantitative estimate of drug-likeness (QED) is 0.649. The largest absolute Gasteiger partial charge is 0.369 e. The van der Waals surface area contributed by atoms with Crippen molar-refractivity contribution in [2.24, 2.45) is 10.7 Å². The molecule has 2 aliphatic rings. The van der Waals surface area contributed by atoms with E-state index in [1.165, 1.54) is 10.5 Å². The Morgan fingerprint density at radius 1 is 1.75 bits per heavy atom. The fourth-order valence-corrected chi connectivity index (χ4v) is 2.65. The van der Waals surface area contributed by atoms with Crippen molar-refractivity contribution in [3.05, 3.63) is 10.5 Å². The molecule has 2 rings (SSSR count). The Bertz CT molecular complexity index is 283. The monoisotopic (exact) mass is 182 g/mol. The van der Waals surface area contributed by atoms with Crippen LogP contribution >= 0.6 is 11.8 Å². The molecule has 2 N–H and O–H groups in total. The fourth-order valence-electron chi connectivity index (χ4n) is 1.46. The Balaban J connectivity index is 2.12. The number of allylic oxidation sites excluding steroid dienone is 1. The van der Waals surface area contributed by atoms with Crippen LogP contribution in [0.1, 0.15) is 12.8 Å². The number of rotatable bonds is 1. The third kappa shape index (κ3) is 1.27. The highest BCUT2D eigenvalue weighted by Gasteiger charge is 2.28. The number of carbonyl (C=O) groups is 1. The zero-order chi connectivity index (χ0) is 8.55. The molecule has 3 nitrogen and oxygen atoms in total. The SMILES string of the molecule is NC(=O)C1CC2=C(C=NCC2)S1. The number of hydrogen-bond acceptors (Lipinski definition) is 3. The molecule has 0 aromatic heterocycles. The lowest BCUT2D eigenvalue weighted by atomic mass is 10.1. The summed E-state index contributed by atoms with van der Waals surface area (Å²) in [6.45, 7) is 0.866. The van der Waals surface area contributed by atoms with E-state index in [1.54, 1.807) is 11.8 Å². The number of nitrogens with zero attached hydrogens (tertiary/aromatic N) is 1. The van der Waals surface area contributed by atoms with E-state index in [9.17, 15) is 4.79 Å². The van der Waals surface area contributed by atoms with Gasteiger partial charge in [-0.1, -0.05) is 5.57 Å². The molecule has 12 heavy (non-hydrogen) atoms. The molecular formula is C8H10N2OS. The van der Waals surface area contributed by atoms with Crippen LogP contribution in [0.2, 0.25) is 0 Å². The summed E-state index contributed by atoms with van der Waals surface area (Å²) < 4.78 is 0. The molecule has 0 fully saturated rings. The number of carbonyl (C=O) groups excluding carboxylic acids is 1. The van der Waals surface area contributed by atoms with Gasteiger partial charge in [0, 0.05) is 17.7 Å². The van der Waals surface area contributed by atoms with Gasteiger partial charge in [-0.25, -0.2) is 0 Å². The smallest absolute Gasteiger partial charge is 0.231 e. The second kappa shape index (κ2) is 2.94. The predicted molar refractivity (Wildman–Crippen MR) is 50.2 cm³/mol. The van der Waals surface area contributed by atoms with Crippen molar-refractivity contribution in [1.82, 2.24) is 0 Å². The highest BCUT2D eigenvalue weighted by atomic mass is 32.2. The van der Waals surface area contributed by atoms with Gasteiger partial charge in [-0.3, -0.25) is 9.79 Å². The molecule has 2 aliphatic heterocycles. The van der Waals surface area contributed by atoms with Crippen LogP contribution in [-0.2, 0) is 4.79 Å². The van der Waals surface area contributed by atoms with Crippen LogP contribution in [-0.4, -0.2) is 23.9 Å². The van der Waals surface area contributed by atoms with E-state index in [1.807, 2.05) is 6.21 Å². The van der Waals surface area contributed by atoms with E-state index in [-0.39, 0.29) is 11.2 Å². The molecule has 0 aromatic rings. The summed E-state index contributed by atoms with van der Waals surface area (Å²) in [7, 11) is 0. The molecule has 0 saturated heterocycles. The van der Waals surface area contributed by atoms with Crippen molar-refractivity contribution in [2.75, 3.05) is 6.54 Å². The van der Waals surface area contributed by atoms with Crippen LogP contribution in [0.25, 0.3) is 0 Å². The van der Waals surface area contributed by atoms with Gasteiger partial charge < -0.3 is 5.73 Å². The highest BCUT2D eigenvalue weighted by molar-refractivity contribution is 8.05. The molecule has 1 unspecified atom stereocenters. The zero-order valence-electron chi connectivity index (χ0n) is 6.62. The maximum atomic E-state index is 10.9. The number of dihydropyridines is 1. The van der Waals surface area contributed by atoms with Crippen molar-refractivity contribution in [3.8, 4) is 0 Å². The number of amides is 1. The van der Waals surface area contributed by atoms with Crippen LogP contribution in [0, 0.1) is 0 Å². The summed E-state index contributed by atoms with van der Waals surface area (Å²) in [5.41, 5.74) is 6.58. The Hall–Kier alpha value is -0.770. The van der Waals surface area contributed by atoms with E-state index in [0.717, 1.165) is 19.4 Å². The first-order valence-corrected chi connectivity index (χ1v) is 4.83. The minimum absolute atomic E-state index is 0.0421. The van der Waals surface area contributed by atoms with Gasteiger partial charge in [0.15, 0.2) is 0 Å². The van der Waals surface area contributed by atoms with Crippen molar-refractivity contribution in [2.45, 2.75) is 18.1 Å². The summed E-state index contributed by atoms with van der Waals surface area (Å²) in [5, 5.41) is -0.0421. The summed E-state index contributed by atoms with van der Waals surface area (Å²) >= 11 is 1.56. The van der Waals surface area contributed by atoms with Crippen LogP contribution in [0.5, 0.6) is 0 Å². The van der Waals surface area contributed by atoms with E-state index >= 15 is 0 Å². The van der Waals surface area contributed by atoms with E-state index in [0.29, 0.717) is 0 Å². The van der Waals surface area contributed by atoms with Gasteiger partial charge in [-0.05, 0) is 12.8 Å². The van der Waals surface area contributed by atoms with Gasteiger partial charge in [0.1, 0.15) is 0 Å². The Labute approximate surface area is 75.1 Å². The molecule has 0 aromatic carbocycles. The van der Waals surface area contributed by atoms with Gasteiger partial charge >= 0.3 is 0 Å². The summed E-state index contributed by atoms with van der Waals surface area (Å²) in [6, 6.07) is 0. The number of thioether (sulfide) groups is 1. The van der Waals surface area contributed by atoms with Gasteiger partial charge in [-0.15, -0.1) is 11.8 Å². The number of hydrogen-bond donors (Lipinski definition) is 1.